The zero-order valence-corrected chi connectivity index (χ0v) is 9.31. The van der Waals surface area contributed by atoms with Crippen molar-refractivity contribution in [1.82, 2.24) is 5.32 Å². The maximum atomic E-state index is 12.5. The molecule has 1 fully saturated rings. The fourth-order valence-electron chi connectivity index (χ4n) is 1.64. The summed E-state index contributed by atoms with van der Waals surface area (Å²) in [5.41, 5.74) is 0.0813. The van der Waals surface area contributed by atoms with E-state index in [0.717, 1.165) is 24.1 Å². The van der Waals surface area contributed by atoms with Crippen molar-refractivity contribution in [3.63, 3.8) is 0 Å². The third-order valence-electron chi connectivity index (χ3n) is 2.46. The topological polar surface area (TPSA) is 14.1 Å². The summed E-state index contributed by atoms with van der Waals surface area (Å²) in [6, 6.07) is 5.39. The second kappa shape index (κ2) is 4.67. The largest absolute Gasteiger partial charge is 0.416 e. The van der Waals surface area contributed by atoms with E-state index in [0.29, 0.717) is 5.56 Å². The van der Waals surface area contributed by atoms with Crippen molar-refractivity contribution >= 4 is 11.8 Å². The summed E-state index contributed by atoms with van der Waals surface area (Å²) >= 11 is 1.74. The molecule has 1 aliphatic rings. The van der Waals surface area contributed by atoms with Gasteiger partial charge in [0.05, 0.1) is 11.6 Å². The first-order chi connectivity index (χ1) is 7.57. The van der Waals surface area contributed by atoms with Gasteiger partial charge in [0.25, 0.3) is 0 Å². The summed E-state index contributed by atoms with van der Waals surface area (Å²) in [5.74, 6) is 1.75. The van der Waals surface area contributed by atoms with Crippen LogP contribution in [0.2, 0.25) is 0 Å². The lowest BCUT2D eigenvalue weighted by Gasteiger charge is -2.22. The zero-order chi connectivity index (χ0) is 11.6. The highest BCUT2D eigenvalue weighted by atomic mass is 32.2. The molecule has 0 amide bonds. The van der Waals surface area contributed by atoms with Gasteiger partial charge in [0.1, 0.15) is 0 Å². The summed E-state index contributed by atoms with van der Waals surface area (Å²) in [6.45, 7) is 0.728. The van der Waals surface area contributed by atoms with Gasteiger partial charge in [-0.15, -0.1) is 0 Å². The molecule has 1 atom stereocenters. The van der Waals surface area contributed by atoms with Crippen LogP contribution in [0.1, 0.15) is 17.2 Å². The van der Waals surface area contributed by atoms with Gasteiger partial charge in [-0.3, -0.25) is 0 Å². The monoisotopic (exact) mass is 246 g/mol. The number of rotatable bonds is 1. The Bertz CT molecular complexity index is 358. The van der Waals surface area contributed by atoms with Crippen LogP contribution < -0.4 is 5.32 Å². The van der Waals surface area contributed by atoms with Gasteiger partial charge >= 0.3 is 6.18 Å². The molecule has 5 heteroatoms. The van der Waals surface area contributed by atoms with Gasteiger partial charge in [-0.05, 0) is 17.7 Å². The predicted octanol–water partition coefficient (Wildman–Crippen LogP) is 3.10. The highest BCUT2D eigenvalue weighted by molar-refractivity contribution is 7.99. The predicted molar refractivity (Wildman–Crippen MR) is 58.5 cm³/mol. The molecule has 0 bridgehead atoms. The van der Waals surface area contributed by atoms with Gasteiger partial charge in [0.15, 0.2) is 0 Å². The molecule has 0 aromatic heterocycles. The fourth-order valence-corrected chi connectivity index (χ4v) is 2.57. The average molecular weight is 246 g/mol. The Kier molecular flexibility index (Phi) is 3.44. The molecule has 16 heavy (non-hydrogen) atoms. The Morgan fingerprint density at radius 2 is 2.12 bits per heavy atom. The van der Waals surface area contributed by atoms with Crippen molar-refractivity contribution in [2.45, 2.75) is 12.2 Å². The lowest BCUT2D eigenvalue weighted by atomic mass is 10.0. The van der Waals surface area contributed by atoms with Crippen molar-refractivity contribution < 1.29 is 13.2 Å². The lowest BCUT2D eigenvalue weighted by Crippen LogP contribution is -2.24. The van der Waals surface area contributed by atoms with E-state index in [2.05, 4.69) is 5.32 Å². The molecular weight excluding hydrogens is 235 g/mol. The summed E-state index contributed by atoms with van der Waals surface area (Å²) in [4.78, 5) is 0. The SMILES string of the molecule is FC(F)(F)c1cccc(C2CSCC[N]2)c1. The van der Waals surface area contributed by atoms with Crippen LogP contribution in [0.4, 0.5) is 13.2 Å². The minimum absolute atomic E-state index is 0.0824. The van der Waals surface area contributed by atoms with E-state index >= 15 is 0 Å². The first-order valence-electron chi connectivity index (χ1n) is 4.99. The van der Waals surface area contributed by atoms with E-state index in [1.165, 1.54) is 12.1 Å². The molecule has 1 nitrogen and oxygen atoms in total. The van der Waals surface area contributed by atoms with Crippen molar-refractivity contribution in [1.29, 1.82) is 0 Å². The van der Waals surface area contributed by atoms with E-state index in [4.69, 9.17) is 0 Å². The number of benzene rings is 1. The van der Waals surface area contributed by atoms with Crippen LogP contribution in [0.25, 0.3) is 0 Å². The number of alkyl halides is 3. The molecule has 2 rings (SSSR count). The lowest BCUT2D eigenvalue weighted by molar-refractivity contribution is -0.137. The van der Waals surface area contributed by atoms with E-state index in [1.807, 2.05) is 0 Å². The van der Waals surface area contributed by atoms with Crippen LogP contribution in [-0.4, -0.2) is 18.1 Å². The summed E-state index contributed by atoms with van der Waals surface area (Å²) < 4.78 is 37.5. The molecule has 87 valence electrons. The van der Waals surface area contributed by atoms with Crippen molar-refractivity contribution in [2.75, 3.05) is 18.1 Å². The summed E-state index contributed by atoms with van der Waals surface area (Å²) in [7, 11) is 0. The maximum absolute atomic E-state index is 12.5. The van der Waals surface area contributed by atoms with Crippen LogP contribution in [0.15, 0.2) is 24.3 Å². The zero-order valence-electron chi connectivity index (χ0n) is 8.50. The van der Waals surface area contributed by atoms with Crippen molar-refractivity contribution in [2.24, 2.45) is 0 Å². The Balaban J connectivity index is 2.21. The van der Waals surface area contributed by atoms with Gasteiger partial charge in [-0.25, -0.2) is 5.32 Å². The third kappa shape index (κ3) is 2.71. The number of hydrogen-bond acceptors (Lipinski definition) is 1. The van der Waals surface area contributed by atoms with Crippen LogP contribution in [0.5, 0.6) is 0 Å². The molecule has 0 N–H and O–H groups in total. The first kappa shape index (κ1) is 11.8. The standard InChI is InChI=1S/C11H11F3NS/c12-11(13,14)9-3-1-2-8(6-9)10-7-16-5-4-15-10/h1-3,6,10H,4-5,7H2. The van der Waals surface area contributed by atoms with E-state index in [9.17, 15) is 13.2 Å². The van der Waals surface area contributed by atoms with E-state index in [-0.39, 0.29) is 6.04 Å². The highest BCUT2D eigenvalue weighted by Crippen LogP contribution is 2.32. The van der Waals surface area contributed by atoms with E-state index < -0.39 is 11.7 Å². The molecule has 0 aliphatic carbocycles. The molecule has 1 aromatic rings. The van der Waals surface area contributed by atoms with Gasteiger partial charge < -0.3 is 0 Å². The van der Waals surface area contributed by atoms with Gasteiger partial charge in [0, 0.05) is 18.1 Å². The van der Waals surface area contributed by atoms with Crippen LogP contribution in [-0.2, 0) is 6.18 Å². The average Bonchev–Trinajstić information content (AvgIpc) is 2.29. The number of nitrogens with zero attached hydrogens (tertiary/aromatic N) is 1. The molecule has 1 unspecified atom stereocenters. The van der Waals surface area contributed by atoms with Crippen LogP contribution >= 0.6 is 11.8 Å². The molecule has 1 aromatic carbocycles. The Morgan fingerprint density at radius 3 is 2.75 bits per heavy atom. The minimum atomic E-state index is -4.27. The van der Waals surface area contributed by atoms with Crippen LogP contribution in [0, 0.1) is 0 Å². The number of hydrogen-bond donors (Lipinski definition) is 0. The molecular formula is C11H11F3NS. The van der Waals surface area contributed by atoms with E-state index in [1.54, 1.807) is 17.8 Å². The fraction of sp³-hybridized carbons (Fsp3) is 0.455. The van der Waals surface area contributed by atoms with Gasteiger partial charge in [0.2, 0.25) is 0 Å². The van der Waals surface area contributed by atoms with Crippen molar-refractivity contribution in [3.8, 4) is 0 Å². The van der Waals surface area contributed by atoms with Gasteiger partial charge in [-0.2, -0.15) is 24.9 Å². The molecule has 1 radical (unpaired) electrons. The molecule has 0 saturated carbocycles. The summed E-state index contributed by atoms with van der Waals surface area (Å²) in [5, 5.41) is 4.33. The summed E-state index contributed by atoms with van der Waals surface area (Å²) in [6.07, 6.45) is -4.27. The first-order valence-corrected chi connectivity index (χ1v) is 6.14. The molecule has 0 spiro atoms. The second-order valence-electron chi connectivity index (χ2n) is 3.62. The second-order valence-corrected chi connectivity index (χ2v) is 4.77. The Labute approximate surface area is 96.4 Å². The van der Waals surface area contributed by atoms with Gasteiger partial charge in [-0.1, -0.05) is 12.1 Å². The highest BCUT2D eigenvalue weighted by Gasteiger charge is 2.31. The van der Waals surface area contributed by atoms with Crippen LogP contribution in [0.3, 0.4) is 0 Å². The normalized spacial score (nSPS) is 22.1. The smallest absolute Gasteiger partial charge is 0.232 e. The maximum Gasteiger partial charge on any atom is 0.416 e. The molecule has 1 heterocycles. The van der Waals surface area contributed by atoms with Crippen molar-refractivity contribution in [3.05, 3.63) is 35.4 Å². The minimum Gasteiger partial charge on any atom is -0.232 e. The third-order valence-corrected chi connectivity index (χ3v) is 3.48. The Hall–Kier alpha value is -0.680. The number of halogens is 3. The molecule has 1 aliphatic heterocycles. The molecule has 1 saturated heterocycles. The number of thioether (sulfide) groups is 1. The Morgan fingerprint density at radius 1 is 1.31 bits per heavy atom. The quantitative estimate of drug-likeness (QED) is 0.742.